The molecule has 0 radical (unpaired) electrons. The Hall–Kier alpha value is -1.39. The Bertz CT molecular complexity index is 551. The molecular formula is C15H21N3O. The standard InChI is InChI=1S/C15H21N3O/c1-4-16-14-8-19-7-11(14)15-17-12-5-9(2)10(3)6-13(12)18-15/h5-6,11,14,16H,4,7-8H2,1-3H3,(H,17,18). The van der Waals surface area contributed by atoms with Crippen LogP contribution in [0.4, 0.5) is 0 Å². The number of ether oxygens (including phenoxy) is 1. The summed E-state index contributed by atoms with van der Waals surface area (Å²) in [5.74, 6) is 1.37. The Labute approximate surface area is 113 Å². The molecule has 0 aliphatic carbocycles. The molecule has 1 aromatic carbocycles. The van der Waals surface area contributed by atoms with E-state index in [1.807, 2.05) is 0 Å². The van der Waals surface area contributed by atoms with Crippen LogP contribution >= 0.6 is 0 Å². The maximum Gasteiger partial charge on any atom is 0.114 e. The minimum absolute atomic E-state index is 0.327. The van der Waals surface area contributed by atoms with Gasteiger partial charge in [-0.25, -0.2) is 4.98 Å². The molecule has 1 aromatic heterocycles. The number of imidazole rings is 1. The van der Waals surface area contributed by atoms with Crippen molar-refractivity contribution in [3.05, 3.63) is 29.1 Å². The monoisotopic (exact) mass is 259 g/mol. The van der Waals surface area contributed by atoms with Gasteiger partial charge in [0.05, 0.1) is 30.2 Å². The van der Waals surface area contributed by atoms with Gasteiger partial charge in [0.15, 0.2) is 0 Å². The molecule has 1 aliphatic rings. The van der Waals surface area contributed by atoms with E-state index in [1.54, 1.807) is 0 Å². The van der Waals surface area contributed by atoms with Crippen molar-refractivity contribution >= 4 is 11.0 Å². The van der Waals surface area contributed by atoms with Crippen LogP contribution in [-0.4, -0.2) is 35.8 Å². The van der Waals surface area contributed by atoms with E-state index in [9.17, 15) is 0 Å². The first-order valence-electron chi connectivity index (χ1n) is 6.97. The van der Waals surface area contributed by atoms with Crippen molar-refractivity contribution in [1.82, 2.24) is 15.3 Å². The summed E-state index contributed by atoms with van der Waals surface area (Å²) in [6.07, 6.45) is 0. The van der Waals surface area contributed by atoms with Crippen molar-refractivity contribution in [2.45, 2.75) is 32.7 Å². The number of likely N-dealkylation sites (N-methyl/N-ethyl adjacent to an activating group) is 1. The van der Waals surface area contributed by atoms with Crippen LogP contribution in [0.3, 0.4) is 0 Å². The fraction of sp³-hybridized carbons (Fsp3) is 0.533. The third kappa shape index (κ3) is 2.26. The molecule has 0 saturated carbocycles. The number of aryl methyl sites for hydroxylation is 2. The van der Waals surface area contributed by atoms with Crippen molar-refractivity contribution in [3.63, 3.8) is 0 Å². The molecule has 0 spiro atoms. The predicted molar refractivity (Wildman–Crippen MR) is 76.6 cm³/mol. The first-order valence-corrected chi connectivity index (χ1v) is 6.97. The number of nitrogens with one attached hydrogen (secondary N) is 2. The molecule has 1 fully saturated rings. The van der Waals surface area contributed by atoms with Crippen molar-refractivity contribution in [2.75, 3.05) is 19.8 Å². The van der Waals surface area contributed by atoms with Crippen LogP contribution in [0.25, 0.3) is 11.0 Å². The van der Waals surface area contributed by atoms with Crippen LogP contribution < -0.4 is 5.32 Å². The fourth-order valence-corrected chi connectivity index (χ4v) is 2.75. The van der Waals surface area contributed by atoms with Crippen LogP contribution in [0.1, 0.15) is 29.8 Å². The van der Waals surface area contributed by atoms with Gasteiger partial charge in [-0.15, -0.1) is 0 Å². The molecule has 0 amide bonds. The number of nitrogens with zero attached hydrogens (tertiary/aromatic N) is 1. The van der Waals surface area contributed by atoms with E-state index in [4.69, 9.17) is 9.72 Å². The summed E-state index contributed by atoms with van der Waals surface area (Å²) < 4.78 is 5.60. The highest BCUT2D eigenvalue weighted by atomic mass is 16.5. The van der Waals surface area contributed by atoms with Crippen LogP contribution in [0, 0.1) is 13.8 Å². The zero-order valence-electron chi connectivity index (χ0n) is 11.8. The summed E-state index contributed by atoms with van der Waals surface area (Å²) in [5.41, 5.74) is 4.77. The Morgan fingerprint density at radius 1 is 1.32 bits per heavy atom. The van der Waals surface area contributed by atoms with Gasteiger partial charge in [-0.3, -0.25) is 0 Å². The van der Waals surface area contributed by atoms with Crippen LogP contribution in [0.2, 0.25) is 0 Å². The van der Waals surface area contributed by atoms with Gasteiger partial charge < -0.3 is 15.0 Å². The van der Waals surface area contributed by atoms with Crippen LogP contribution in [-0.2, 0) is 4.74 Å². The molecule has 4 heteroatoms. The SMILES string of the molecule is CCNC1COCC1c1nc2cc(C)c(C)cc2[nH]1. The predicted octanol–water partition coefficient (Wildman–Crippen LogP) is 2.27. The minimum Gasteiger partial charge on any atom is -0.379 e. The van der Waals surface area contributed by atoms with Gasteiger partial charge in [0.1, 0.15) is 5.82 Å². The molecular weight excluding hydrogens is 238 g/mol. The first kappa shape index (κ1) is 12.6. The molecule has 4 nitrogen and oxygen atoms in total. The Morgan fingerprint density at radius 3 is 2.89 bits per heavy atom. The normalized spacial score (nSPS) is 23.3. The largest absolute Gasteiger partial charge is 0.379 e. The molecule has 2 heterocycles. The maximum atomic E-state index is 5.60. The van der Waals surface area contributed by atoms with E-state index < -0.39 is 0 Å². The molecule has 2 atom stereocenters. The highest BCUT2D eigenvalue weighted by molar-refractivity contribution is 5.77. The molecule has 1 saturated heterocycles. The number of hydrogen-bond acceptors (Lipinski definition) is 3. The van der Waals surface area contributed by atoms with Crippen LogP contribution in [0.15, 0.2) is 12.1 Å². The lowest BCUT2D eigenvalue weighted by molar-refractivity contribution is 0.187. The molecule has 102 valence electrons. The summed E-state index contributed by atoms with van der Waals surface area (Å²) >= 11 is 0. The summed E-state index contributed by atoms with van der Waals surface area (Å²) in [6.45, 7) is 8.87. The number of rotatable bonds is 3. The number of aromatic amines is 1. The van der Waals surface area contributed by atoms with Gasteiger partial charge in [0.25, 0.3) is 0 Å². The van der Waals surface area contributed by atoms with Crippen LogP contribution in [0.5, 0.6) is 0 Å². The van der Waals surface area contributed by atoms with Gasteiger partial charge in [0, 0.05) is 6.04 Å². The van der Waals surface area contributed by atoms with E-state index in [2.05, 4.69) is 43.2 Å². The topological polar surface area (TPSA) is 49.9 Å². The first-order chi connectivity index (χ1) is 9.19. The second kappa shape index (κ2) is 4.94. The number of hydrogen-bond donors (Lipinski definition) is 2. The Kier molecular flexibility index (Phi) is 3.29. The third-order valence-electron chi connectivity index (χ3n) is 4.01. The Balaban J connectivity index is 1.96. The van der Waals surface area contributed by atoms with Crippen molar-refractivity contribution in [1.29, 1.82) is 0 Å². The van der Waals surface area contributed by atoms with E-state index in [1.165, 1.54) is 11.1 Å². The van der Waals surface area contributed by atoms with Gasteiger partial charge in [-0.2, -0.15) is 0 Å². The quantitative estimate of drug-likeness (QED) is 0.889. The summed E-state index contributed by atoms with van der Waals surface area (Å²) in [5, 5.41) is 3.48. The average Bonchev–Trinajstić information content (AvgIpc) is 2.96. The summed E-state index contributed by atoms with van der Waals surface area (Å²) in [4.78, 5) is 8.22. The lowest BCUT2D eigenvalue weighted by Gasteiger charge is -2.15. The average molecular weight is 259 g/mol. The molecule has 1 aliphatic heterocycles. The molecule has 0 bridgehead atoms. The smallest absolute Gasteiger partial charge is 0.114 e. The van der Waals surface area contributed by atoms with E-state index in [0.717, 1.165) is 36.6 Å². The lowest BCUT2D eigenvalue weighted by Crippen LogP contribution is -2.34. The minimum atomic E-state index is 0.327. The van der Waals surface area contributed by atoms with Crippen molar-refractivity contribution < 1.29 is 4.74 Å². The van der Waals surface area contributed by atoms with E-state index in [-0.39, 0.29) is 0 Å². The van der Waals surface area contributed by atoms with E-state index >= 15 is 0 Å². The summed E-state index contributed by atoms with van der Waals surface area (Å²) in [6, 6.07) is 4.70. The number of aromatic nitrogens is 2. The maximum absolute atomic E-state index is 5.60. The number of fused-ring (bicyclic) bond motifs is 1. The fourth-order valence-electron chi connectivity index (χ4n) is 2.75. The van der Waals surface area contributed by atoms with E-state index in [0.29, 0.717) is 12.0 Å². The Morgan fingerprint density at radius 2 is 2.11 bits per heavy atom. The zero-order chi connectivity index (χ0) is 13.4. The van der Waals surface area contributed by atoms with Gasteiger partial charge >= 0.3 is 0 Å². The molecule has 2 N–H and O–H groups in total. The zero-order valence-corrected chi connectivity index (χ0v) is 11.8. The highest BCUT2D eigenvalue weighted by Crippen LogP contribution is 2.26. The van der Waals surface area contributed by atoms with Crippen molar-refractivity contribution in [2.24, 2.45) is 0 Å². The number of benzene rings is 1. The van der Waals surface area contributed by atoms with Gasteiger partial charge in [-0.05, 0) is 43.7 Å². The molecule has 3 rings (SSSR count). The highest BCUT2D eigenvalue weighted by Gasteiger charge is 2.31. The molecule has 19 heavy (non-hydrogen) atoms. The van der Waals surface area contributed by atoms with Crippen molar-refractivity contribution in [3.8, 4) is 0 Å². The number of H-pyrrole nitrogens is 1. The van der Waals surface area contributed by atoms with Gasteiger partial charge in [0.2, 0.25) is 0 Å². The second-order valence-corrected chi connectivity index (χ2v) is 5.38. The van der Waals surface area contributed by atoms with Gasteiger partial charge in [-0.1, -0.05) is 6.92 Å². The third-order valence-corrected chi connectivity index (χ3v) is 4.01. The summed E-state index contributed by atoms with van der Waals surface area (Å²) in [7, 11) is 0. The molecule has 2 aromatic rings. The molecule has 2 unspecified atom stereocenters. The lowest BCUT2D eigenvalue weighted by atomic mass is 10.0. The second-order valence-electron chi connectivity index (χ2n) is 5.38.